The third kappa shape index (κ3) is 8.77. The Morgan fingerprint density at radius 3 is 1.82 bits per heavy atom. The molecule has 0 aliphatic carbocycles. The summed E-state index contributed by atoms with van der Waals surface area (Å²) in [6.45, 7) is 4.28. The van der Waals surface area contributed by atoms with E-state index in [1.165, 1.54) is 36.8 Å². The molecule has 4 heteroatoms. The Balaban J connectivity index is 1.41. The van der Waals surface area contributed by atoms with Crippen molar-refractivity contribution >= 4 is 0 Å². The molecule has 0 saturated carbocycles. The lowest BCUT2D eigenvalue weighted by Crippen LogP contribution is -2.19. The largest absolute Gasteiger partial charge is 0.493 e. The molecule has 0 heterocycles. The van der Waals surface area contributed by atoms with Crippen molar-refractivity contribution in [1.82, 2.24) is 10.6 Å². The first-order chi connectivity index (χ1) is 13.8. The van der Waals surface area contributed by atoms with Gasteiger partial charge in [0, 0.05) is 0 Å². The number of nitrogens with one attached hydrogen (secondary N) is 2. The fraction of sp³-hybridized carbons (Fsp3) is 0.500. The van der Waals surface area contributed by atoms with Gasteiger partial charge in [-0.25, -0.2) is 0 Å². The number of ether oxygens (including phenoxy) is 2. The van der Waals surface area contributed by atoms with E-state index < -0.39 is 0 Å². The summed E-state index contributed by atoms with van der Waals surface area (Å²) in [4.78, 5) is 0. The van der Waals surface area contributed by atoms with Crippen LogP contribution in [0.4, 0.5) is 0 Å². The third-order valence-corrected chi connectivity index (χ3v) is 4.93. The smallest absolute Gasteiger partial charge is 0.160 e. The molecule has 154 valence electrons. The van der Waals surface area contributed by atoms with Crippen molar-refractivity contribution in [3.8, 4) is 11.5 Å². The number of benzene rings is 2. The predicted octanol–water partition coefficient (Wildman–Crippen LogP) is 4.23. The zero-order valence-electron chi connectivity index (χ0n) is 17.5. The van der Waals surface area contributed by atoms with Gasteiger partial charge in [0.15, 0.2) is 11.5 Å². The maximum absolute atomic E-state index is 5.36. The highest BCUT2D eigenvalue weighted by atomic mass is 16.5. The average Bonchev–Trinajstić information content (AvgIpc) is 2.75. The minimum absolute atomic E-state index is 0.786. The standard InChI is InChI=1S/C24H36N2O2/c1-27-23-13-12-22(20-24(23)28-2)15-19-26-17-9-4-3-8-16-25-18-14-21-10-6-5-7-11-21/h5-7,10-13,20,25-26H,3-4,8-9,14-19H2,1-2H3. The lowest BCUT2D eigenvalue weighted by atomic mass is 10.1. The Bertz CT molecular complexity index is 646. The van der Waals surface area contributed by atoms with E-state index in [4.69, 9.17) is 9.47 Å². The van der Waals surface area contributed by atoms with E-state index in [2.05, 4.69) is 53.1 Å². The van der Waals surface area contributed by atoms with Crippen molar-refractivity contribution in [3.05, 3.63) is 59.7 Å². The Labute approximate surface area is 170 Å². The van der Waals surface area contributed by atoms with Crippen LogP contribution in [0.3, 0.4) is 0 Å². The summed E-state index contributed by atoms with van der Waals surface area (Å²) in [5.41, 5.74) is 2.68. The zero-order chi connectivity index (χ0) is 19.9. The summed E-state index contributed by atoms with van der Waals surface area (Å²) in [5, 5.41) is 7.09. The first kappa shape index (κ1) is 22.3. The molecule has 0 spiro atoms. The van der Waals surface area contributed by atoms with Crippen LogP contribution < -0.4 is 20.1 Å². The molecule has 2 aromatic carbocycles. The molecule has 2 rings (SSSR count). The van der Waals surface area contributed by atoms with Crippen LogP contribution >= 0.6 is 0 Å². The van der Waals surface area contributed by atoms with E-state index in [0.29, 0.717) is 0 Å². The van der Waals surface area contributed by atoms with Crippen LogP contribution in [0.5, 0.6) is 11.5 Å². The Hall–Kier alpha value is -2.04. The van der Waals surface area contributed by atoms with Gasteiger partial charge in [-0.05, 0) is 75.1 Å². The van der Waals surface area contributed by atoms with Gasteiger partial charge in [0.25, 0.3) is 0 Å². The van der Waals surface area contributed by atoms with Crippen LogP contribution in [0.2, 0.25) is 0 Å². The van der Waals surface area contributed by atoms with Gasteiger partial charge in [-0.2, -0.15) is 0 Å². The van der Waals surface area contributed by atoms with Gasteiger partial charge >= 0.3 is 0 Å². The van der Waals surface area contributed by atoms with Crippen molar-refractivity contribution in [3.63, 3.8) is 0 Å². The van der Waals surface area contributed by atoms with Crippen LogP contribution in [0.25, 0.3) is 0 Å². The van der Waals surface area contributed by atoms with Crippen LogP contribution in [0.1, 0.15) is 36.8 Å². The molecule has 2 N–H and O–H groups in total. The number of unbranched alkanes of at least 4 members (excludes halogenated alkanes) is 3. The van der Waals surface area contributed by atoms with Crippen molar-refractivity contribution < 1.29 is 9.47 Å². The fourth-order valence-electron chi connectivity index (χ4n) is 3.25. The highest BCUT2D eigenvalue weighted by molar-refractivity contribution is 5.42. The molecule has 2 aromatic rings. The summed E-state index contributed by atoms with van der Waals surface area (Å²) in [5.74, 6) is 1.59. The highest BCUT2D eigenvalue weighted by Gasteiger charge is 2.04. The zero-order valence-corrected chi connectivity index (χ0v) is 17.5. The van der Waals surface area contributed by atoms with Gasteiger partial charge in [-0.1, -0.05) is 49.2 Å². The molecule has 0 aromatic heterocycles. The molecule has 0 aliphatic heterocycles. The summed E-state index contributed by atoms with van der Waals surface area (Å²) >= 11 is 0. The summed E-state index contributed by atoms with van der Waals surface area (Å²) in [6, 6.07) is 16.8. The Morgan fingerprint density at radius 1 is 0.607 bits per heavy atom. The molecule has 0 saturated heterocycles. The molecule has 0 radical (unpaired) electrons. The van der Waals surface area contributed by atoms with Gasteiger partial charge in [0.2, 0.25) is 0 Å². The third-order valence-electron chi connectivity index (χ3n) is 4.93. The number of methoxy groups -OCH3 is 2. The normalized spacial score (nSPS) is 10.8. The second kappa shape index (κ2) is 14.0. The van der Waals surface area contributed by atoms with Crippen LogP contribution in [-0.4, -0.2) is 40.4 Å². The Kier molecular flexibility index (Phi) is 11.1. The molecule has 4 nitrogen and oxygen atoms in total. The second-order valence-corrected chi connectivity index (χ2v) is 7.09. The average molecular weight is 385 g/mol. The topological polar surface area (TPSA) is 42.5 Å². The maximum atomic E-state index is 5.36. The van der Waals surface area contributed by atoms with E-state index in [0.717, 1.165) is 50.5 Å². The first-order valence-electron chi connectivity index (χ1n) is 10.5. The van der Waals surface area contributed by atoms with Crippen LogP contribution in [-0.2, 0) is 12.8 Å². The monoisotopic (exact) mass is 384 g/mol. The van der Waals surface area contributed by atoms with Gasteiger partial charge in [0.1, 0.15) is 0 Å². The maximum Gasteiger partial charge on any atom is 0.160 e. The fourth-order valence-corrected chi connectivity index (χ4v) is 3.25. The predicted molar refractivity (Wildman–Crippen MR) is 118 cm³/mol. The summed E-state index contributed by atoms with van der Waals surface area (Å²) < 4.78 is 10.6. The Morgan fingerprint density at radius 2 is 1.21 bits per heavy atom. The van der Waals surface area contributed by atoms with E-state index in [-0.39, 0.29) is 0 Å². The van der Waals surface area contributed by atoms with Crippen LogP contribution in [0, 0.1) is 0 Å². The number of hydrogen-bond donors (Lipinski definition) is 2. The molecule has 0 amide bonds. The quantitative estimate of drug-likeness (QED) is 0.451. The van der Waals surface area contributed by atoms with Crippen molar-refractivity contribution in [2.45, 2.75) is 38.5 Å². The molecule has 0 bridgehead atoms. The van der Waals surface area contributed by atoms with Gasteiger partial charge in [0.05, 0.1) is 14.2 Å². The minimum atomic E-state index is 0.786. The summed E-state index contributed by atoms with van der Waals surface area (Å²) in [7, 11) is 3.35. The number of rotatable bonds is 15. The second-order valence-electron chi connectivity index (χ2n) is 7.09. The van der Waals surface area contributed by atoms with Gasteiger partial charge < -0.3 is 20.1 Å². The van der Waals surface area contributed by atoms with Crippen molar-refractivity contribution in [2.75, 3.05) is 40.4 Å². The van der Waals surface area contributed by atoms with Crippen LogP contribution in [0.15, 0.2) is 48.5 Å². The minimum Gasteiger partial charge on any atom is -0.493 e. The molecular weight excluding hydrogens is 348 g/mol. The molecule has 0 aliphatic rings. The molecule has 28 heavy (non-hydrogen) atoms. The summed E-state index contributed by atoms with van der Waals surface area (Å²) in [6.07, 6.45) is 7.23. The first-order valence-corrected chi connectivity index (χ1v) is 10.5. The van der Waals surface area contributed by atoms with E-state index in [1.807, 2.05) is 6.07 Å². The van der Waals surface area contributed by atoms with Crippen molar-refractivity contribution in [2.24, 2.45) is 0 Å². The van der Waals surface area contributed by atoms with Gasteiger partial charge in [-0.3, -0.25) is 0 Å². The van der Waals surface area contributed by atoms with E-state index >= 15 is 0 Å². The van der Waals surface area contributed by atoms with Gasteiger partial charge in [-0.15, -0.1) is 0 Å². The molecular formula is C24H36N2O2. The molecule has 0 fully saturated rings. The molecule has 0 atom stereocenters. The SMILES string of the molecule is COc1ccc(CCNCCCCCCNCCc2ccccc2)cc1OC. The van der Waals surface area contributed by atoms with E-state index in [9.17, 15) is 0 Å². The lowest BCUT2D eigenvalue weighted by Gasteiger charge is -2.10. The van der Waals surface area contributed by atoms with Crippen molar-refractivity contribution in [1.29, 1.82) is 0 Å². The highest BCUT2D eigenvalue weighted by Crippen LogP contribution is 2.27. The number of hydrogen-bond acceptors (Lipinski definition) is 4. The molecule has 0 unspecified atom stereocenters. The van der Waals surface area contributed by atoms with E-state index in [1.54, 1.807) is 14.2 Å². The lowest BCUT2D eigenvalue weighted by molar-refractivity contribution is 0.354.